The molecule has 0 aromatic rings. The van der Waals surface area contributed by atoms with E-state index in [1.54, 1.807) is 21.0 Å². The molecule has 198 valence electrons. The van der Waals surface area contributed by atoms with Gasteiger partial charge in [0, 0.05) is 44.1 Å². The average molecular weight is 523 g/mol. The first-order chi connectivity index (χ1) is 16.0. The standard InChI is InChI=1S/C11H22O5Si.C11H20O5Si/c1-6-15-17(13-5,16-7-2)9-8-14-11(12)10(3)4;1-5-14-8-10(12)16-17(4)7-6-15-11(13)9(2)3/h3,6-9H2,1-2,4-5H3;17H,2,5-8H2,1,3-4H3. The van der Waals surface area contributed by atoms with Crippen molar-refractivity contribution in [2.24, 2.45) is 0 Å². The van der Waals surface area contributed by atoms with Crippen molar-refractivity contribution in [2.45, 2.75) is 53.3 Å². The topological polar surface area (TPSA) is 116 Å². The van der Waals surface area contributed by atoms with Crippen LogP contribution in [0.1, 0.15) is 34.6 Å². The summed E-state index contributed by atoms with van der Waals surface area (Å²) in [5.74, 6) is -1.17. The van der Waals surface area contributed by atoms with E-state index in [4.69, 9.17) is 31.9 Å². The van der Waals surface area contributed by atoms with Gasteiger partial charge >= 0.3 is 26.7 Å². The van der Waals surface area contributed by atoms with E-state index in [2.05, 4.69) is 13.2 Å². The molecular weight excluding hydrogens is 480 g/mol. The molecule has 0 amide bonds. The maximum atomic E-state index is 11.2. The zero-order chi connectivity index (χ0) is 26.6. The van der Waals surface area contributed by atoms with Gasteiger partial charge in [0.25, 0.3) is 0 Å². The van der Waals surface area contributed by atoms with Crippen molar-refractivity contribution in [3.8, 4) is 0 Å². The van der Waals surface area contributed by atoms with E-state index in [9.17, 15) is 14.4 Å². The molecule has 10 nitrogen and oxygen atoms in total. The summed E-state index contributed by atoms with van der Waals surface area (Å²) in [5, 5.41) is 0. The minimum atomic E-state index is -2.68. The van der Waals surface area contributed by atoms with Crippen LogP contribution in [0.3, 0.4) is 0 Å². The van der Waals surface area contributed by atoms with Gasteiger partial charge in [-0.15, -0.1) is 0 Å². The van der Waals surface area contributed by atoms with Crippen LogP contribution in [0, 0.1) is 0 Å². The van der Waals surface area contributed by atoms with Crippen LogP contribution in [-0.4, -0.2) is 82.5 Å². The van der Waals surface area contributed by atoms with Gasteiger partial charge < -0.3 is 31.9 Å². The van der Waals surface area contributed by atoms with Gasteiger partial charge in [0.15, 0.2) is 0 Å². The average Bonchev–Trinajstić information content (AvgIpc) is 2.77. The number of rotatable bonds is 17. The largest absolute Gasteiger partial charge is 0.520 e. The van der Waals surface area contributed by atoms with Crippen LogP contribution >= 0.6 is 0 Å². The van der Waals surface area contributed by atoms with Crippen LogP contribution in [0.4, 0.5) is 0 Å². The van der Waals surface area contributed by atoms with Crippen molar-refractivity contribution >= 4 is 35.8 Å². The van der Waals surface area contributed by atoms with E-state index in [0.29, 0.717) is 43.1 Å². The number of hydrogen-bond donors (Lipinski definition) is 0. The zero-order valence-electron chi connectivity index (χ0n) is 21.7. The third-order valence-electron chi connectivity index (χ3n) is 3.89. The molecule has 0 saturated carbocycles. The van der Waals surface area contributed by atoms with Gasteiger partial charge in [-0.2, -0.15) is 0 Å². The van der Waals surface area contributed by atoms with Crippen LogP contribution in [0.2, 0.25) is 18.6 Å². The molecule has 0 spiro atoms. The first-order valence-corrected chi connectivity index (χ1v) is 15.6. The van der Waals surface area contributed by atoms with E-state index >= 15 is 0 Å². The van der Waals surface area contributed by atoms with Crippen molar-refractivity contribution < 1.29 is 46.3 Å². The van der Waals surface area contributed by atoms with Crippen molar-refractivity contribution in [3.05, 3.63) is 24.3 Å². The number of ether oxygens (including phenoxy) is 3. The summed E-state index contributed by atoms with van der Waals surface area (Å²) in [6.45, 7) is 19.6. The molecular formula is C22H42O10Si2. The molecule has 0 aromatic carbocycles. The van der Waals surface area contributed by atoms with Crippen molar-refractivity contribution in [2.75, 3.05) is 46.8 Å². The second kappa shape index (κ2) is 20.5. The highest BCUT2D eigenvalue weighted by Gasteiger charge is 2.39. The molecule has 34 heavy (non-hydrogen) atoms. The minimum Gasteiger partial charge on any atom is -0.520 e. The molecule has 0 aliphatic carbocycles. The highest BCUT2D eigenvalue weighted by atomic mass is 28.4. The number of carbonyl (C=O) groups is 3. The molecule has 0 fully saturated rings. The summed E-state index contributed by atoms with van der Waals surface area (Å²) < 4.78 is 36.4. The van der Waals surface area contributed by atoms with Gasteiger partial charge in [0.2, 0.25) is 9.04 Å². The van der Waals surface area contributed by atoms with Gasteiger partial charge in [-0.3, -0.25) is 4.79 Å². The molecule has 0 radical (unpaired) electrons. The fourth-order valence-electron chi connectivity index (χ4n) is 2.18. The van der Waals surface area contributed by atoms with Gasteiger partial charge in [-0.1, -0.05) is 13.2 Å². The zero-order valence-corrected chi connectivity index (χ0v) is 23.9. The highest BCUT2D eigenvalue weighted by Crippen LogP contribution is 2.15. The SMILES string of the molecule is C=C(C)C(=O)OCC[SiH](C)OC(=O)COCC.C=C(C)C(=O)OCC[Si](OC)(OCC)OCC. The van der Waals surface area contributed by atoms with Crippen LogP contribution in [0.25, 0.3) is 0 Å². The summed E-state index contributed by atoms with van der Waals surface area (Å²) in [5.41, 5.74) is 0.746. The fourth-order valence-corrected chi connectivity index (χ4v) is 5.31. The summed E-state index contributed by atoms with van der Waals surface area (Å²) in [6.07, 6.45) is 0. The van der Waals surface area contributed by atoms with Gasteiger partial charge in [-0.25, -0.2) is 9.59 Å². The normalized spacial score (nSPS) is 11.5. The van der Waals surface area contributed by atoms with E-state index in [-0.39, 0.29) is 25.8 Å². The fraction of sp³-hybridized carbons (Fsp3) is 0.682. The summed E-state index contributed by atoms with van der Waals surface area (Å²) in [4.78, 5) is 33.4. The lowest BCUT2D eigenvalue weighted by molar-refractivity contribution is -0.140. The Morgan fingerprint density at radius 2 is 1.35 bits per heavy atom. The smallest absolute Gasteiger partial charge is 0.504 e. The Kier molecular flexibility index (Phi) is 20.7. The Balaban J connectivity index is 0. The molecule has 0 aliphatic heterocycles. The molecule has 0 aromatic heterocycles. The predicted molar refractivity (Wildman–Crippen MR) is 133 cm³/mol. The maximum Gasteiger partial charge on any atom is 0.504 e. The molecule has 0 N–H and O–H groups in total. The van der Waals surface area contributed by atoms with E-state index in [1.807, 2.05) is 27.3 Å². The lowest BCUT2D eigenvalue weighted by atomic mass is 10.4. The lowest BCUT2D eigenvalue weighted by Crippen LogP contribution is -2.46. The van der Waals surface area contributed by atoms with Crippen LogP contribution < -0.4 is 0 Å². The van der Waals surface area contributed by atoms with Gasteiger partial charge in [-0.05, 0) is 41.2 Å². The van der Waals surface area contributed by atoms with E-state index in [1.165, 1.54) is 0 Å². The monoisotopic (exact) mass is 522 g/mol. The Morgan fingerprint density at radius 1 is 0.853 bits per heavy atom. The minimum absolute atomic E-state index is 0.0145. The number of carbonyl (C=O) groups excluding carboxylic acids is 3. The molecule has 0 rings (SSSR count). The van der Waals surface area contributed by atoms with Gasteiger partial charge in [0.05, 0.1) is 19.3 Å². The molecule has 0 heterocycles. The highest BCUT2D eigenvalue weighted by molar-refractivity contribution is 6.60. The predicted octanol–water partition coefficient (Wildman–Crippen LogP) is 2.80. The number of esters is 2. The molecule has 12 heteroatoms. The van der Waals surface area contributed by atoms with Crippen LogP contribution in [-0.2, 0) is 46.3 Å². The lowest BCUT2D eigenvalue weighted by Gasteiger charge is -2.26. The molecule has 0 bridgehead atoms. The molecule has 1 atom stereocenters. The number of hydrogen-bond acceptors (Lipinski definition) is 10. The third-order valence-corrected chi connectivity index (χ3v) is 8.50. The van der Waals surface area contributed by atoms with E-state index < -0.39 is 29.8 Å². The molecule has 0 aliphatic rings. The molecule has 0 saturated heterocycles. The van der Waals surface area contributed by atoms with Crippen molar-refractivity contribution in [1.82, 2.24) is 0 Å². The van der Waals surface area contributed by atoms with Crippen LogP contribution in [0.15, 0.2) is 24.3 Å². The summed E-state index contributed by atoms with van der Waals surface area (Å²) in [7, 11) is -2.75. The third kappa shape index (κ3) is 17.6. The Morgan fingerprint density at radius 3 is 1.76 bits per heavy atom. The maximum absolute atomic E-state index is 11.2. The van der Waals surface area contributed by atoms with Crippen LogP contribution in [0.5, 0.6) is 0 Å². The second-order valence-corrected chi connectivity index (χ2v) is 12.3. The second-order valence-electron chi connectivity index (χ2n) is 7.06. The molecule has 1 unspecified atom stereocenters. The Labute approximate surface area is 206 Å². The van der Waals surface area contributed by atoms with Crippen molar-refractivity contribution in [3.63, 3.8) is 0 Å². The summed E-state index contributed by atoms with van der Waals surface area (Å²) >= 11 is 0. The Bertz CT molecular complexity index is 633. The van der Waals surface area contributed by atoms with Gasteiger partial charge in [0.1, 0.15) is 6.61 Å². The summed E-state index contributed by atoms with van der Waals surface area (Å²) in [6, 6.07) is 1.04. The Hall–Kier alpha value is -1.84. The van der Waals surface area contributed by atoms with E-state index in [0.717, 1.165) is 0 Å². The first-order valence-electron chi connectivity index (χ1n) is 11.2. The quantitative estimate of drug-likeness (QED) is 0.122. The first kappa shape index (κ1) is 34.3. The van der Waals surface area contributed by atoms with Crippen molar-refractivity contribution in [1.29, 1.82) is 0 Å².